The molecule has 2 N–H and O–H groups in total. The number of carbonyl (C=O) groups excluding carboxylic acids is 1. The maximum Gasteiger partial charge on any atom is 0.416 e. The first-order valence-corrected chi connectivity index (χ1v) is 8.45. The molecule has 3 aromatic rings. The van der Waals surface area contributed by atoms with Crippen LogP contribution in [0.1, 0.15) is 11.1 Å². The number of nitrogens with one attached hydrogen (secondary N) is 2. The molecule has 2 amide bonds. The van der Waals surface area contributed by atoms with Gasteiger partial charge in [0.2, 0.25) is 0 Å². The molecule has 0 aliphatic heterocycles. The molecule has 0 heterocycles. The maximum atomic E-state index is 13.0. The number of hydrogen-bond acceptors (Lipinski definition) is 2. The number of halogens is 3. The maximum absolute atomic E-state index is 13.0. The Balaban J connectivity index is 1.67. The van der Waals surface area contributed by atoms with Crippen molar-refractivity contribution < 1.29 is 22.7 Å². The normalized spacial score (nSPS) is 11.0. The van der Waals surface area contributed by atoms with Crippen LogP contribution in [0.5, 0.6) is 11.5 Å². The summed E-state index contributed by atoms with van der Waals surface area (Å²) in [5, 5.41) is 5.05. The highest BCUT2D eigenvalue weighted by atomic mass is 19.4. The van der Waals surface area contributed by atoms with Crippen molar-refractivity contribution in [3.63, 3.8) is 0 Å². The standard InChI is InChI=1S/C21H17F3N2O2/c22-21(23,24)17-11-5-4-8-15(17)14-25-20(27)26-18-12-6-7-13-19(18)28-16-9-2-1-3-10-16/h1-13H,14H2,(H2,25,26,27). The number of ether oxygens (including phenoxy) is 1. The van der Waals surface area contributed by atoms with Crippen LogP contribution >= 0.6 is 0 Å². The quantitative estimate of drug-likeness (QED) is 0.581. The van der Waals surface area contributed by atoms with Crippen LogP contribution in [0.15, 0.2) is 78.9 Å². The fourth-order valence-electron chi connectivity index (χ4n) is 2.57. The van der Waals surface area contributed by atoms with Gasteiger partial charge >= 0.3 is 12.2 Å². The van der Waals surface area contributed by atoms with E-state index < -0.39 is 17.8 Å². The lowest BCUT2D eigenvalue weighted by molar-refractivity contribution is -0.138. The van der Waals surface area contributed by atoms with Crippen LogP contribution in [0.25, 0.3) is 0 Å². The molecule has 4 nitrogen and oxygen atoms in total. The van der Waals surface area contributed by atoms with Crippen molar-refractivity contribution in [1.82, 2.24) is 5.32 Å². The van der Waals surface area contributed by atoms with E-state index in [0.29, 0.717) is 17.2 Å². The Morgan fingerprint density at radius 3 is 2.25 bits per heavy atom. The number of carbonyl (C=O) groups is 1. The van der Waals surface area contributed by atoms with E-state index in [9.17, 15) is 18.0 Å². The van der Waals surface area contributed by atoms with E-state index in [1.165, 1.54) is 18.2 Å². The molecule has 0 radical (unpaired) electrons. The van der Waals surface area contributed by atoms with Gasteiger partial charge in [0.05, 0.1) is 11.3 Å². The molecule has 0 spiro atoms. The first-order valence-electron chi connectivity index (χ1n) is 8.45. The molecule has 0 saturated heterocycles. The Bertz CT molecular complexity index is 944. The monoisotopic (exact) mass is 386 g/mol. The summed E-state index contributed by atoms with van der Waals surface area (Å²) >= 11 is 0. The Morgan fingerprint density at radius 2 is 1.50 bits per heavy atom. The van der Waals surface area contributed by atoms with Crippen LogP contribution in [0.2, 0.25) is 0 Å². The third-order valence-corrected chi connectivity index (χ3v) is 3.87. The zero-order chi connectivity index (χ0) is 20.0. The van der Waals surface area contributed by atoms with Crippen molar-refractivity contribution in [1.29, 1.82) is 0 Å². The highest BCUT2D eigenvalue weighted by molar-refractivity contribution is 5.90. The fourth-order valence-corrected chi connectivity index (χ4v) is 2.57. The smallest absolute Gasteiger partial charge is 0.416 e. The van der Waals surface area contributed by atoms with Gasteiger partial charge in [0.1, 0.15) is 5.75 Å². The van der Waals surface area contributed by atoms with Gasteiger partial charge in [-0.05, 0) is 35.9 Å². The number of amides is 2. The van der Waals surface area contributed by atoms with Crippen LogP contribution in [-0.4, -0.2) is 6.03 Å². The third-order valence-electron chi connectivity index (χ3n) is 3.87. The number of anilines is 1. The average Bonchev–Trinajstić information content (AvgIpc) is 2.68. The minimum atomic E-state index is -4.48. The largest absolute Gasteiger partial charge is 0.455 e. The zero-order valence-corrected chi connectivity index (χ0v) is 14.7. The van der Waals surface area contributed by atoms with E-state index in [-0.39, 0.29) is 12.1 Å². The van der Waals surface area contributed by atoms with Crippen LogP contribution in [0.3, 0.4) is 0 Å². The van der Waals surface area contributed by atoms with Crippen molar-refractivity contribution in [3.8, 4) is 11.5 Å². The van der Waals surface area contributed by atoms with Crippen LogP contribution < -0.4 is 15.4 Å². The summed E-state index contributed by atoms with van der Waals surface area (Å²) in [6.07, 6.45) is -4.48. The molecule has 0 saturated carbocycles. The molecule has 0 bridgehead atoms. The van der Waals surface area contributed by atoms with Gasteiger partial charge in [-0.2, -0.15) is 13.2 Å². The number of urea groups is 1. The predicted molar refractivity (Wildman–Crippen MR) is 100 cm³/mol. The second kappa shape index (κ2) is 8.47. The minimum absolute atomic E-state index is 0.0148. The van der Waals surface area contributed by atoms with Gasteiger partial charge in [0.25, 0.3) is 0 Å². The lowest BCUT2D eigenvalue weighted by Gasteiger charge is -2.15. The Kier molecular flexibility index (Phi) is 5.84. The summed E-state index contributed by atoms with van der Waals surface area (Å²) in [6, 6.07) is 20.3. The van der Waals surface area contributed by atoms with Gasteiger partial charge in [0, 0.05) is 6.54 Å². The fraction of sp³-hybridized carbons (Fsp3) is 0.0952. The average molecular weight is 386 g/mol. The molecule has 0 aromatic heterocycles. The Labute approximate surface area is 160 Å². The summed E-state index contributed by atoms with van der Waals surface area (Å²) in [4.78, 5) is 12.2. The number of hydrogen-bond donors (Lipinski definition) is 2. The Morgan fingerprint density at radius 1 is 0.857 bits per heavy atom. The molecule has 3 aromatic carbocycles. The van der Waals surface area contributed by atoms with Crippen molar-refractivity contribution >= 4 is 11.7 Å². The van der Waals surface area contributed by atoms with Gasteiger partial charge in [-0.15, -0.1) is 0 Å². The lowest BCUT2D eigenvalue weighted by Crippen LogP contribution is -2.29. The highest BCUT2D eigenvalue weighted by Gasteiger charge is 2.32. The van der Waals surface area contributed by atoms with E-state index in [2.05, 4.69) is 10.6 Å². The first-order chi connectivity index (χ1) is 13.4. The summed E-state index contributed by atoms with van der Waals surface area (Å²) < 4.78 is 44.8. The second-order valence-electron chi connectivity index (χ2n) is 5.87. The number of alkyl halides is 3. The van der Waals surface area contributed by atoms with E-state index in [0.717, 1.165) is 6.07 Å². The third kappa shape index (κ3) is 5.03. The predicted octanol–water partition coefficient (Wildman–Crippen LogP) is 5.82. The number of para-hydroxylation sites is 3. The molecule has 144 valence electrons. The second-order valence-corrected chi connectivity index (χ2v) is 5.87. The SMILES string of the molecule is O=C(NCc1ccccc1C(F)(F)F)Nc1ccccc1Oc1ccccc1. The number of benzene rings is 3. The summed E-state index contributed by atoms with van der Waals surface area (Å²) in [7, 11) is 0. The van der Waals surface area contributed by atoms with E-state index >= 15 is 0 Å². The van der Waals surface area contributed by atoms with Gasteiger partial charge < -0.3 is 15.4 Å². The van der Waals surface area contributed by atoms with Crippen molar-refractivity contribution in [3.05, 3.63) is 90.0 Å². The summed E-state index contributed by atoms with van der Waals surface area (Å²) in [5.41, 5.74) is -0.393. The minimum Gasteiger partial charge on any atom is -0.455 e. The molecule has 7 heteroatoms. The van der Waals surface area contributed by atoms with Gasteiger partial charge in [-0.3, -0.25) is 0 Å². The molecule has 0 aliphatic carbocycles. The summed E-state index contributed by atoms with van der Waals surface area (Å²) in [6.45, 7) is -0.261. The van der Waals surface area contributed by atoms with Gasteiger partial charge in [-0.25, -0.2) is 4.79 Å². The molecule has 0 fully saturated rings. The van der Waals surface area contributed by atoms with Crippen molar-refractivity contribution in [2.75, 3.05) is 5.32 Å². The molecular formula is C21H17F3N2O2. The molecule has 28 heavy (non-hydrogen) atoms. The van der Waals surface area contributed by atoms with Crippen LogP contribution in [-0.2, 0) is 12.7 Å². The van der Waals surface area contributed by atoms with Crippen LogP contribution in [0.4, 0.5) is 23.7 Å². The Hall–Kier alpha value is -3.48. The van der Waals surface area contributed by atoms with Crippen LogP contribution in [0, 0.1) is 0 Å². The van der Waals surface area contributed by atoms with E-state index in [1.807, 2.05) is 18.2 Å². The summed E-state index contributed by atoms with van der Waals surface area (Å²) in [5.74, 6) is 1.01. The van der Waals surface area contributed by atoms with E-state index in [4.69, 9.17) is 4.74 Å². The molecule has 0 unspecified atom stereocenters. The highest BCUT2D eigenvalue weighted by Crippen LogP contribution is 2.32. The van der Waals surface area contributed by atoms with Crippen molar-refractivity contribution in [2.24, 2.45) is 0 Å². The topological polar surface area (TPSA) is 50.4 Å². The lowest BCUT2D eigenvalue weighted by atomic mass is 10.1. The van der Waals surface area contributed by atoms with E-state index in [1.54, 1.807) is 36.4 Å². The molecular weight excluding hydrogens is 369 g/mol. The zero-order valence-electron chi connectivity index (χ0n) is 14.7. The first kappa shape index (κ1) is 19.3. The van der Waals surface area contributed by atoms with Crippen molar-refractivity contribution in [2.45, 2.75) is 12.7 Å². The number of rotatable bonds is 5. The molecule has 0 aliphatic rings. The molecule has 3 rings (SSSR count). The van der Waals surface area contributed by atoms with Gasteiger partial charge in [0.15, 0.2) is 5.75 Å². The molecule has 0 atom stereocenters. The van der Waals surface area contributed by atoms with Gasteiger partial charge in [-0.1, -0.05) is 48.5 Å².